The zero-order valence-corrected chi connectivity index (χ0v) is 10.8. The molecule has 2 atom stereocenters. The van der Waals surface area contributed by atoms with Crippen LogP contribution < -0.4 is 5.32 Å². The van der Waals surface area contributed by atoms with Crippen molar-refractivity contribution in [1.29, 1.82) is 0 Å². The molecule has 0 aromatic carbocycles. The van der Waals surface area contributed by atoms with Gasteiger partial charge < -0.3 is 10.1 Å². The average molecular weight is 217 g/mol. The Morgan fingerprint density at radius 1 is 1.57 bits per heavy atom. The summed E-state index contributed by atoms with van der Waals surface area (Å²) in [4.78, 5) is 0.178. The summed E-state index contributed by atoms with van der Waals surface area (Å²) < 4.78 is 5.49. The van der Waals surface area contributed by atoms with E-state index in [2.05, 4.69) is 33.0 Å². The lowest BCUT2D eigenvalue weighted by molar-refractivity contribution is 0.00376. The Labute approximate surface area is 92.2 Å². The van der Waals surface area contributed by atoms with Crippen molar-refractivity contribution < 1.29 is 4.74 Å². The van der Waals surface area contributed by atoms with E-state index in [0.29, 0.717) is 6.04 Å². The second-order valence-corrected chi connectivity index (χ2v) is 6.65. The fourth-order valence-electron chi connectivity index (χ4n) is 2.08. The van der Waals surface area contributed by atoms with Crippen molar-refractivity contribution >= 4 is 11.8 Å². The largest absolute Gasteiger partial charge is 0.379 e. The third-order valence-electron chi connectivity index (χ3n) is 2.84. The maximum Gasteiger partial charge on any atom is 0.0648 e. The molecule has 0 radical (unpaired) electrons. The molecule has 84 valence electrons. The minimum atomic E-state index is -0.0359. The lowest BCUT2D eigenvalue weighted by Crippen LogP contribution is -2.52. The Balaban J connectivity index is 2.56. The predicted molar refractivity (Wildman–Crippen MR) is 63.8 cm³/mol. The van der Waals surface area contributed by atoms with Crippen molar-refractivity contribution in [1.82, 2.24) is 5.32 Å². The molecule has 0 saturated carbocycles. The summed E-state index contributed by atoms with van der Waals surface area (Å²) in [6.07, 6.45) is 2.32. The number of ether oxygens (including phenoxy) is 1. The van der Waals surface area contributed by atoms with E-state index in [1.54, 1.807) is 7.11 Å². The third kappa shape index (κ3) is 3.44. The molecule has 3 heteroatoms. The van der Waals surface area contributed by atoms with Gasteiger partial charge in [-0.25, -0.2) is 0 Å². The van der Waals surface area contributed by atoms with Crippen molar-refractivity contribution in [3.63, 3.8) is 0 Å². The molecular formula is C11H23NOS. The first kappa shape index (κ1) is 12.3. The number of nitrogens with one attached hydrogen (secondary N) is 1. The molecular weight excluding hydrogens is 194 g/mol. The number of hydrogen-bond acceptors (Lipinski definition) is 3. The van der Waals surface area contributed by atoms with Gasteiger partial charge in [-0.15, -0.1) is 11.8 Å². The van der Waals surface area contributed by atoms with Crippen LogP contribution in [0.25, 0.3) is 0 Å². The van der Waals surface area contributed by atoms with Crippen LogP contribution in [-0.4, -0.2) is 29.4 Å². The van der Waals surface area contributed by atoms with Gasteiger partial charge in [-0.1, -0.05) is 0 Å². The maximum absolute atomic E-state index is 5.49. The summed E-state index contributed by atoms with van der Waals surface area (Å²) in [5, 5.41) is 3.67. The first-order valence-electron chi connectivity index (χ1n) is 5.34. The fourth-order valence-corrected chi connectivity index (χ4v) is 3.74. The number of rotatable bonds is 3. The number of methoxy groups -OCH3 is 1. The molecule has 0 aliphatic carbocycles. The Morgan fingerprint density at radius 3 is 2.71 bits per heavy atom. The second kappa shape index (κ2) is 4.42. The molecule has 0 aromatic heterocycles. The zero-order chi connectivity index (χ0) is 10.8. The van der Waals surface area contributed by atoms with Crippen LogP contribution in [0.15, 0.2) is 0 Å². The summed E-state index contributed by atoms with van der Waals surface area (Å²) in [5.41, 5.74) is -0.0359. The molecule has 1 aliphatic rings. The smallest absolute Gasteiger partial charge is 0.0648 e. The Bertz CT molecular complexity index is 196. The Kier molecular flexibility index (Phi) is 3.89. The minimum Gasteiger partial charge on any atom is -0.379 e. The molecule has 0 bridgehead atoms. The molecule has 0 aromatic rings. The summed E-state index contributed by atoms with van der Waals surface area (Å²) >= 11 is 2.02. The zero-order valence-electron chi connectivity index (χ0n) is 10.0. The van der Waals surface area contributed by atoms with E-state index in [1.165, 1.54) is 12.2 Å². The average Bonchev–Trinajstić information content (AvgIpc) is 2.01. The topological polar surface area (TPSA) is 21.3 Å². The summed E-state index contributed by atoms with van der Waals surface area (Å²) in [6, 6.07) is 0.633. The van der Waals surface area contributed by atoms with Crippen molar-refractivity contribution in [2.24, 2.45) is 0 Å². The molecule has 1 saturated heterocycles. The first-order chi connectivity index (χ1) is 6.37. The third-order valence-corrected chi connectivity index (χ3v) is 4.18. The number of thioether (sulfide) groups is 1. The van der Waals surface area contributed by atoms with Gasteiger partial charge in [-0.05, 0) is 39.9 Å². The molecule has 1 aliphatic heterocycles. The van der Waals surface area contributed by atoms with Gasteiger partial charge in [0.05, 0.1) is 10.5 Å². The van der Waals surface area contributed by atoms with Crippen LogP contribution >= 0.6 is 11.8 Å². The van der Waals surface area contributed by atoms with Crippen molar-refractivity contribution in [2.45, 2.75) is 57.1 Å². The van der Waals surface area contributed by atoms with Gasteiger partial charge in [0.2, 0.25) is 0 Å². The monoisotopic (exact) mass is 217 g/mol. The lowest BCUT2D eigenvalue weighted by atomic mass is 9.98. The normalized spacial score (nSPS) is 34.5. The van der Waals surface area contributed by atoms with Gasteiger partial charge >= 0.3 is 0 Å². The highest BCUT2D eigenvalue weighted by molar-refractivity contribution is 8.00. The molecule has 2 unspecified atom stereocenters. The van der Waals surface area contributed by atoms with Crippen LogP contribution in [0.2, 0.25) is 0 Å². The van der Waals surface area contributed by atoms with Gasteiger partial charge in [0.15, 0.2) is 0 Å². The van der Waals surface area contributed by atoms with E-state index in [-0.39, 0.29) is 10.5 Å². The Hall–Kier alpha value is 0.270. The van der Waals surface area contributed by atoms with Crippen LogP contribution in [0.5, 0.6) is 0 Å². The SMILES string of the molecule is COC(C)(C)CC1(C)NC(C)CCS1. The van der Waals surface area contributed by atoms with Crippen LogP contribution in [0, 0.1) is 0 Å². The van der Waals surface area contributed by atoms with E-state index in [1.807, 2.05) is 11.8 Å². The molecule has 1 N–H and O–H groups in total. The van der Waals surface area contributed by atoms with E-state index < -0.39 is 0 Å². The van der Waals surface area contributed by atoms with Crippen molar-refractivity contribution in [2.75, 3.05) is 12.9 Å². The molecule has 14 heavy (non-hydrogen) atoms. The highest BCUT2D eigenvalue weighted by Gasteiger charge is 2.35. The van der Waals surface area contributed by atoms with E-state index in [9.17, 15) is 0 Å². The molecule has 1 heterocycles. The summed E-state index contributed by atoms with van der Waals surface area (Å²) in [5.74, 6) is 1.25. The van der Waals surface area contributed by atoms with Gasteiger partial charge in [-0.3, -0.25) is 0 Å². The lowest BCUT2D eigenvalue weighted by Gasteiger charge is -2.42. The highest BCUT2D eigenvalue weighted by atomic mass is 32.2. The summed E-state index contributed by atoms with van der Waals surface area (Å²) in [6.45, 7) is 8.85. The highest BCUT2D eigenvalue weighted by Crippen LogP contribution is 2.36. The van der Waals surface area contributed by atoms with Gasteiger partial charge in [-0.2, -0.15) is 0 Å². The summed E-state index contributed by atoms with van der Waals surface area (Å²) in [7, 11) is 1.79. The molecule has 1 fully saturated rings. The number of hydrogen-bond donors (Lipinski definition) is 1. The van der Waals surface area contributed by atoms with Crippen molar-refractivity contribution in [3.8, 4) is 0 Å². The van der Waals surface area contributed by atoms with Gasteiger partial charge in [0.25, 0.3) is 0 Å². The van der Waals surface area contributed by atoms with Gasteiger partial charge in [0, 0.05) is 19.6 Å². The first-order valence-corrected chi connectivity index (χ1v) is 6.32. The van der Waals surface area contributed by atoms with Crippen LogP contribution in [0.4, 0.5) is 0 Å². The van der Waals surface area contributed by atoms with Crippen LogP contribution in [-0.2, 0) is 4.74 Å². The van der Waals surface area contributed by atoms with E-state index in [0.717, 1.165) is 6.42 Å². The predicted octanol–water partition coefficient (Wildman–Crippen LogP) is 2.63. The van der Waals surface area contributed by atoms with Crippen LogP contribution in [0.1, 0.15) is 40.5 Å². The van der Waals surface area contributed by atoms with Gasteiger partial charge in [0.1, 0.15) is 0 Å². The minimum absolute atomic E-state index is 0.0359. The van der Waals surface area contributed by atoms with E-state index >= 15 is 0 Å². The molecule has 1 rings (SSSR count). The second-order valence-electron chi connectivity index (χ2n) is 5.05. The molecule has 0 spiro atoms. The van der Waals surface area contributed by atoms with E-state index in [4.69, 9.17) is 4.74 Å². The Morgan fingerprint density at radius 2 is 2.21 bits per heavy atom. The maximum atomic E-state index is 5.49. The van der Waals surface area contributed by atoms with Crippen LogP contribution in [0.3, 0.4) is 0 Å². The standard InChI is InChI=1S/C11H23NOS/c1-9-6-7-14-11(4,12-9)8-10(2,3)13-5/h9,12H,6-8H2,1-5H3. The molecule has 0 amide bonds. The quantitative estimate of drug-likeness (QED) is 0.785. The van der Waals surface area contributed by atoms with Crippen molar-refractivity contribution in [3.05, 3.63) is 0 Å². The molecule has 2 nitrogen and oxygen atoms in total. The fraction of sp³-hybridized carbons (Fsp3) is 1.00.